The second-order valence-corrected chi connectivity index (χ2v) is 6.90. The molecule has 23 heavy (non-hydrogen) atoms. The molecule has 3 heterocycles. The highest BCUT2D eigenvalue weighted by Crippen LogP contribution is 2.50. The van der Waals surface area contributed by atoms with Gasteiger partial charge in [0, 0.05) is 19.0 Å². The Labute approximate surface area is 143 Å². The fraction of sp³-hybridized carbons (Fsp3) is 0.556. The number of piperidine rings is 1. The van der Waals surface area contributed by atoms with E-state index in [4.69, 9.17) is 4.42 Å². The van der Waals surface area contributed by atoms with Gasteiger partial charge in [-0.3, -0.25) is 4.90 Å². The SMILES string of the molecule is Cc1ccc([C@H]2C[C@H]3CCC(C2c2nnc(C)o2)N3C)cc1.Cl. The highest BCUT2D eigenvalue weighted by Gasteiger charge is 2.48. The summed E-state index contributed by atoms with van der Waals surface area (Å²) in [6.45, 7) is 4.02. The van der Waals surface area contributed by atoms with Crippen molar-refractivity contribution in [3.05, 3.63) is 47.2 Å². The van der Waals surface area contributed by atoms with E-state index in [0.717, 1.165) is 5.89 Å². The molecule has 0 radical (unpaired) electrons. The van der Waals surface area contributed by atoms with Gasteiger partial charge in [0.2, 0.25) is 11.8 Å². The zero-order chi connectivity index (χ0) is 15.3. The number of likely N-dealkylation sites (N-methyl/N-ethyl adjacent to an activating group) is 1. The standard InChI is InChI=1S/C18H23N3O.ClH/c1-11-4-6-13(7-5-11)15-10-14-8-9-16(21(14)3)17(15)18-20-19-12(2)22-18;/h4-7,14-17H,8-10H2,1-3H3;1H/t14-,15-,16?,17?;/m1./s1. The minimum atomic E-state index is 0. The predicted octanol–water partition coefficient (Wildman–Crippen LogP) is 3.84. The summed E-state index contributed by atoms with van der Waals surface area (Å²) in [4.78, 5) is 2.54. The summed E-state index contributed by atoms with van der Waals surface area (Å²) in [7, 11) is 2.25. The molecule has 0 amide bonds. The molecule has 0 saturated carbocycles. The van der Waals surface area contributed by atoms with E-state index in [-0.39, 0.29) is 12.4 Å². The first-order chi connectivity index (χ1) is 10.6. The van der Waals surface area contributed by atoms with Crippen molar-refractivity contribution in [1.82, 2.24) is 15.1 Å². The third-order valence-corrected chi connectivity index (χ3v) is 5.60. The second kappa shape index (κ2) is 6.25. The molecule has 1 aromatic carbocycles. The quantitative estimate of drug-likeness (QED) is 0.837. The fourth-order valence-corrected chi connectivity index (χ4v) is 4.41. The van der Waals surface area contributed by atoms with Crippen LogP contribution >= 0.6 is 12.4 Å². The Bertz CT molecular complexity index is 669. The average Bonchev–Trinajstić information content (AvgIpc) is 3.02. The Morgan fingerprint density at radius 2 is 1.83 bits per heavy atom. The van der Waals surface area contributed by atoms with E-state index in [1.54, 1.807) is 0 Å². The van der Waals surface area contributed by atoms with Crippen molar-refractivity contribution in [2.45, 2.75) is 57.0 Å². The van der Waals surface area contributed by atoms with Gasteiger partial charge >= 0.3 is 0 Å². The molecule has 124 valence electrons. The van der Waals surface area contributed by atoms with E-state index in [0.29, 0.717) is 29.8 Å². The monoisotopic (exact) mass is 333 g/mol. The zero-order valence-corrected chi connectivity index (χ0v) is 14.7. The van der Waals surface area contributed by atoms with Gasteiger partial charge in [-0.1, -0.05) is 29.8 Å². The maximum atomic E-state index is 5.85. The third kappa shape index (κ3) is 2.79. The molecule has 5 heteroatoms. The number of fused-ring (bicyclic) bond motifs is 2. The zero-order valence-electron chi connectivity index (χ0n) is 13.9. The van der Waals surface area contributed by atoms with Crippen LogP contribution in [0.2, 0.25) is 0 Å². The molecule has 4 rings (SSSR count). The average molecular weight is 334 g/mol. The van der Waals surface area contributed by atoms with Crippen molar-refractivity contribution < 1.29 is 4.42 Å². The van der Waals surface area contributed by atoms with Gasteiger partial charge in [-0.2, -0.15) is 0 Å². The highest BCUT2D eigenvalue weighted by molar-refractivity contribution is 5.85. The van der Waals surface area contributed by atoms with E-state index in [1.807, 2.05) is 6.92 Å². The lowest BCUT2D eigenvalue weighted by Gasteiger charge is -2.41. The fourth-order valence-electron chi connectivity index (χ4n) is 4.41. The minimum absolute atomic E-state index is 0. The molecule has 2 unspecified atom stereocenters. The molecule has 1 aromatic heterocycles. The largest absolute Gasteiger partial charge is 0.425 e. The van der Waals surface area contributed by atoms with Crippen LogP contribution in [0.15, 0.2) is 28.7 Å². The lowest BCUT2D eigenvalue weighted by atomic mass is 9.76. The van der Waals surface area contributed by atoms with Gasteiger partial charge in [-0.05, 0) is 44.7 Å². The van der Waals surface area contributed by atoms with Crippen molar-refractivity contribution >= 4 is 12.4 Å². The lowest BCUT2D eigenvalue weighted by Crippen LogP contribution is -2.44. The lowest BCUT2D eigenvalue weighted by molar-refractivity contribution is 0.123. The summed E-state index contributed by atoms with van der Waals surface area (Å²) < 4.78 is 5.85. The van der Waals surface area contributed by atoms with Crippen LogP contribution in [0.4, 0.5) is 0 Å². The number of halogens is 1. The molecule has 2 saturated heterocycles. The summed E-state index contributed by atoms with van der Waals surface area (Å²) in [5, 5.41) is 8.45. The molecule has 0 N–H and O–H groups in total. The number of nitrogens with zero attached hydrogens (tertiary/aromatic N) is 3. The molecule has 0 aliphatic carbocycles. The first-order valence-corrected chi connectivity index (χ1v) is 8.22. The van der Waals surface area contributed by atoms with Crippen LogP contribution in [-0.2, 0) is 0 Å². The van der Waals surface area contributed by atoms with Crippen LogP contribution < -0.4 is 0 Å². The summed E-state index contributed by atoms with van der Waals surface area (Å²) >= 11 is 0. The second-order valence-electron chi connectivity index (χ2n) is 6.90. The van der Waals surface area contributed by atoms with Crippen LogP contribution in [0.1, 0.15) is 54.0 Å². The Balaban J connectivity index is 0.00000156. The van der Waals surface area contributed by atoms with Crippen molar-refractivity contribution in [2.75, 3.05) is 7.05 Å². The van der Waals surface area contributed by atoms with Gasteiger partial charge in [0.25, 0.3) is 0 Å². The third-order valence-electron chi connectivity index (χ3n) is 5.60. The highest BCUT2D eigenvalue weighted by atomic mass is 35.5. The van der Waals surface area contributed by atoms with Gasteiger partial charge in [0.1, 0.15) is 0 Å². The van der Waals surface area contributed by atoms with Crippen molar-refractivity contribution in [3.8, 4) is 0 Å². The van der Waals surface area contributed by atoms with Gasteiger partial charge in [0.15, 0.2) is 0 Å². The molecule has 2 fully saturated rings. The number of rotatable bonds is 2. The van der Waals surface area contributed by atoms with Crippen LogP contribution in [0, 0.1) is 13.8 Å². The summed E-state index contributed by atoms with van der Waals surface area (Å²) in [5.74, 6) is 2.28. The molecule has 2 aliphatic rings. The van der Waals surface area contributed by atoms with E-state index in [9.17, 15) is 0 Å². The Kier molecular flexibility index (Phi) is 4.47. The van der Waals surface area contributed by atoms with Crippen molar-refractivity contribution in [3.63, 3.8) is 0 Å². The number of hydrogen-bond acceptors (Lipinski definition) is 4. The summed E-state index contributed by atoms with van der Waals surface area (Å²) in [6, 6.07) is 10.2. The summed E-state index contributed by atoms with van der Waals surface area (Å²) in [5.41, 5.74) is 2.72. The number of aryl methyl sites for hydroxylation is 2. The Morgan fingerprint density at radius 3 is 2.48 bits per heavy atom. The van der Waals surface area contributed by atoms with Gasteiger partial charge in [0.05, 0.1) is 5.92 Å². The maximum absolute atomic E-state index is 5.85. The van der Waals surface area contributed by atoms with E-state index in [1.165, 1.54) is 30.4 Å². The van der Waals surface area contributed by atoms with Crippen LogP contribution in [0.3, 0.4) is 0 Å². The smallest absolute Gasteiger partial charge is 0.221 e. The van der Waals surface area contributed by atoms with Gasteiger partial charge in [-0.15, -0.1) is 22.6 Å². The normalized spacial score (nSPS) is 30.2. The molecule has 2 aromatic rings. The Morgan fingerprint density at radius 1 is 1.09 bits per heavy atom. The molecule has 2 bridgehead atoms. The molecular formula is C18H24ClN3O. The first kappa shape index (κ1) is 16.5. The van der Waals surface area contributed by atoms with E-state index in [2.05, 4.69) is 53.3 Å². The van der Waals surface area contributed by atoms with Gasteiger partial charge < -0.3 is 4.42 Å². The number of benzene rings is 1. The molecule has 4 atom stereocenters. The Hall–Kier alpha value is -1.39. The van der Waals surface area contributed by atoms with Gasteiger partial charge in [-0.25, -0.2) is 0 Å². The molecular weight excluding hydrogens is 310 g/mol. The number of aromatic nitrogens is 2. The first-order valence-electron chi connectivity index (χ1n) is 8.22. The van der Waals surface area contributed by atoms with Crippen LogP contribution in [-0.4, -0.2) is 34.2 Å². The molecule has 2 aliphatic heterocycles. The van der Waals surface area contributed by atoms with Crippen LogP contribution in [0.5, 0.6) is 0 Å². The summed E-state index contributed by atoms with van der Waals surface area (Å²) in [6.07, 6.45) is 3.70. The van der Waals surface area contributed by atoms with Crippen molar-refractivity contribution in [1.29, 1.82) is 0 Å². The number of hydrogen-bond donors (Lipinski definition) is 0. The maximum Gasteiger partial charge on any atom is 0.221 e. The van der Waals surface area contributed by atoms with Crippen LogP contribution in [0.25, 0.3) is 0 Å². The minimum Gasteiger partial charge on any atom is -0.425 e. The van der Waals surface area contributed by atoms with E-state index >= 15 is 0 Å². The van der Waals surface area contributed by atoms with Crippen molar-refractivity contribution in [2.24, 2.45) is 0 Å². The molecule has 4 nitrogen and oxygen atoms in total. The molecule has 0 spiro atoms. The predicted molar refractivity (Wildman–Crippen MR) is 92.1 cm³/mol. The topological polar surface area (TPSA) is 42.2 Å². The van der Waals surface area contributed by atoms with E-state index < -0.39 is 0 Å².